The fourth-order valence-corrected chi connectivity index (χ4v) is 3.13. The molecule has 0 aliphatic carbocycles. The third kappa shape index (κ3) is 7.42. The Bertz CT molecular complexity index is 1250. The van der Waals surface area contributed by atoms with Crippen LogP contribution in [0.4, 0.5) is 0 Å². The quantitative estimate of drug-likeness (QED) is 0.195. The average molecular weight is 490 g/mol. The van der Waals surface area contributed by atoms with Gasteiger partial charge in [-0.05, 0) is 74.0 Å². The number of benzene rings is 3. The number of hydrogen-bond donors (Lipinski definition) is 2. The van der Waals surface area contributed by atoms with Crippen molar-refractivity contribution in [2.24, 2.45) is 5.10 Å². The van der Waals surface area contributed by atoms with Crippen molar-refractivity contribution in [3.63, 3.8) is 0 Å². The molecule has 9 heteroatoms. The minimum atomic E-state index is -0.544. The predicted octanol–water partition coefficient (Wildman–Crippen LogP) is 3.50. The van der Waals surface area contributed by atoms with Crippen molar-refractivity contribution in [1.82, 2.24) is 10.7 Å². The van der Waals surface area contributed by atoms with Crippen molar-refractivity contribution in [1.29, 1.82) is 0 Å². The standard InChI is InChI=1S/C27H27N3O6/c1-4-35-22-11-9-20(10-12-22)27(33)36-23-13-8-19(15-24(23)34-3)16-29-30-25(31)17-28-26(32)21-7-5-6-18(2)14-21/h5-16H,4,17H2,1-3H3,(H,28,32)(H,30,31). The van der Waals surface area contributed by atoms with E-state index in [-0.39, 0.29) is 18.2 Å². The molecule has 0 unspecified atom stereocenters. The second-order valence-corrected chi connectivity index (χ2v) is 7.60. The second kappa shape index (κ2) is 12.7. The van der Waals surface area contributed by atoms with Gasteiger partial charge in [0.05, 0.1) is 32.0 Å². The number of nitrogens with one attached hydrogen (secondary N) is 2. The Kier molecular flexibility index (Phi) is 9.16. The second-order valence-electron chi connectivity index (χ2n) is 7.60. The molecule has 0 atom stereocenters. The number of aryl methyl sites for hydroxylation is 1. The number of hydrogen-bond acceptors (Lipinski definition) is 7. The summed E-state index contributed by atoms with van der Waals surface area (Å²) >= 11 is 0. The highest BCUT2D eigenvalue weighted by molar-refractivity contribution is 5.96. The molecule has 3 rings (SSSR count). The Morgan fingerprint density at radius 2 is 1.72 bits per heavy atom. The van der Waals surface area contributed by atoms with Gasteiger partial charge in [-0.3, -0.25) is 9.59 Å². The van der Waals surface area contributed by atoms with Crippen LogP contribution in [0.15, 0.2) is 71.8 Å². The largest absolute Gasteiger partial charge is 0.494 e. The fraction of sp³-hybridized carbons (Fsp3) is 0.185. The number of ether oxygens (including phenoxy) is 3. The first-order chi connectivity index (χ1) is 17.4. The van der Waals surface area contributed by atoms with Crippen LogP contribution in [0.2, 0.25) is 0 Å². The van der Waals surface area contributed by atoms with Gasteiger partial charge >= 0.3 is 5.97 Å². The third-order valence-electron chi connectivity index (χ3n) is 4.88. The smallest absolute Gasteiger partial charge is 0.343 e. The first kappa shape index (κ1) is 26.0. The molecule has 3 aromatic rings. The Morgan fingerprint density at radius 1 is 0.944 bits per heavy atom. The molecule has 0 spiro atoms. The van der Waals surface area contributed by atoms with Crippen LogP contribution in [-0.2, 0) is 4.79 Å². The van der Waals surface area contributed by atoms with E-state index in [9.17, 15) is 14.4 Å². The van der Waals surface area contributed by atoms with Gasteiger partial charge in [0.1, 0.15) is 5.75 Å². The molecule has 0 aromatic heterocycles. The van der Waals surface area contributed by atoms with E-state index in [0.717, 1.165) is 5.56 Å². The van der Waals surface area contributed by atoms with Crippen molar-refractivity contribution in [3.8, 4) is 17.2 Å². The molecule has 2 N–H and O–H groups in total. The van der Waals surface area contributed by atoms with Crippen molar-refractivity contribution < 1.29 is 28.6 Å². The molecule has 36 heavy (non-hydrogen) atoms. The molecule has 0 saturated heterocycles. The first-order valence-electron chi connectivity index (χ1n) is 11.2. The van der Waals surface area contributed by atoms with E-state index in [1.54, 1.807) is 60.7 Å². The van der Waals surface area contributed by atoms with Gasteiger partial charge < -0.3 is 19.5 Å². The van der Waals surface area contributed by atoms with E-state index in [1.807, 2.05) is 19.9 Å². The summed E-state index contributed by atoms with van der Waals surface area (Å²) in [5.74, 6) is -0.168. The minimum absolute atomic E-state index is 0.228. The molecule has 0 heterocycles. The maximum Gasteiger partial charge on any atom is 0.343 e. The molecule has 0 bridgehead atoms. The van der Waals surface area contributed by atoms with Crippen LogP contribution in [-0.4, -0.2) is 44.3 Å². The summed E-state index contributed by atoms with van der Waals surface area (Å²) < 4.78 is 16.2. The van der Waals surface area contributed by atoms with Gasteiger partial charge in [-0.1, -0.05) is 17.7 Å². The van der Waals surface area contributed by atoms with E-state index >= 15 is 0 Å². The normalized spacial score (nSPS) is 10.5. The molecule has 9 nitrogen and oxygen atoms in total. The number of amides is 2. The molecule has 0 aliphatic heterocycles. The van der Waals surface area contributed by atoms with Gasteiger partial charge in [0.25, 0.3) is 11.8 Å². The molecule has 3 aromatic carbocycles. The zero-order valence-corrected chi connectivity index (χ0v) is 20.2. The van der Waals surface area contributed by atoms with E-state index in [4.69, 9.17) is 14.2 Å². The fourth-order valence-electron chi connectivity index (χ4n) is 3.13. The van der Waals surface area contributed by atoms with Crippen LogP contribution in [0, 0.1) is 6.92 Å². The summed E-state index contributed by atoms with van der Waals surface area (Å²) in [4.78, 5) is 36.6. The topological polar surface area (TPSA) is 115 Å². The van der Waals surface area contributed by atoms with Gasteiger partial charge in [0, 0.05) is 5.56 Å². The summed E-state index contributed by atoms with van der Waals surface area (Å²) in [6.07, 6.45) is 1.40. The van der Waals surface area contributed by atoms with Gasteiger partial charge in [-0.2, -0.15) is 5.10 Å². The van der Waals surface area contributed by atoms with Crippen LogP contribution in [0.3, 0.4) is 0 Å². The lowest BCUT2D eigenvalue weighted by Crippen LogP contribution is -2.34. The molecular formula is C27H27N3O6. The lowest BCUT2D eigenvalue weighted by Gasteiger charge is -2.10. The van der Waals surface area contributed by atoms with E-state index in [1.165, 1.54) is 13.3 Å². The SMILES string of the molecule is CCOc1ccc(C(=O)Oc2ccc(C=NNC(=O)CNC(=O)c3cccc(C)c3)cc2OC)cc1. The summed E-state index contributed by atoms with van der Waals surface area (Å²) in [6.45, 7) is 4.06. The Morgan fingerprint density at radius 3 is 2.42 bits per heavy atom. The first-order valence-corrected chi connectivity index (χ1v) is 11.2. The molecule has 0 saturated carbocycles. The Hall–Kier alpha value is -4.66. The Balaban J connectivity index is 1.53. The molecule has 0 fully saturated rings. The Labute approximate surface area is 209 Å². The summed E-state index contributed by atoms with van der Waals surface area (Å²) in [7, 11) is 1.45. The molecule has 2 amide bonds. The van der Waals surface area contributed by atoms with Gasteiger partial charge in [0.2, 0.25) is 0 Å². The maximum absolute atomic E-state index is 12.5. The zero-order chi connectivity index (χ0) is 25.9. The molecular weight excluding hydrogens is 462 g/mol. The van der Waals surface area contributed by atoms with Crippen LogP contribution < -0.4 is 25.0 Å². The zero-order valence-electron chi connectivity index (χ0n) is 20.2. The van der Waals surface area contributed by atoms with Crippen molar-refractivity contribution >= 4 is 24.0 Å². The van der Waals surface area contributed by atoms with Crippen molar-refractivity contribution in [2.45, 2.75) is 13.8 Å². The number of rotatable bonds is 10. The molecule has 186 valence electrons. The molecule has 0 radical (unpaired) electrons. The van der Waals surface area contributed by atoms with Crippen molar-refractivity contribution in [3.05, 3.63) is 89.0 Å². The van der Waals surface area contributed by atoms with Crippen LogP contribution in [0.1, 0.15) is 38.8 Å². The van der Waals surface area contributed by atoms with Crippen LogP contribution in [0.5, 0.6) is 17.2 Å². The number of hydrazone groups is 1. The summed E-state index contributed by atoms with van der Waals surface area (Å²) in [5.41, 5.74) is 4.73. The maximum atomic E-state index is 12.5. The summed E-state index contributed by atoms with van der Waals surface area (Å²) in [6, 6.07) is 18.5. The van der Waals surface area contributed by atoms with Crippen LogP contribution >= 0.6 is 0 Å². The lowest BCUT2D eigenvalue weighted by atomic mass is 10.1. The summed E-state index contributed by atoms with van der Waals surface area (Å²) in [5, 5.41) is 6.43. The number of carbonyl (C=O) groups is 3. The number of methoxy groups -OCH3 is 1. The molecule has 0 aliphatic rings. The van der Waals surface area contributed by atoms with Gasteiger partial charge in [-0.15, -0.1) is 0 Å². The highest BCUT2D eigenvalue weighted by atomic mass is 16.6. The number of esters is 1. The third-order valence-corrected chi connectivity index (χ3v) is 4.88. The van der Waals surface area contributed by atoms with E-state index < -0.39 is 11.9 Å². The lowest BCUT2D eigenvalue weighted by molar-refractivity contribution is -0.120. The van der Waals surface area contributed by atoms with E-state index in [2.05, 4.69) is 15.8 Å². The minimum Gasteiger partial charge on any atom is -0.494 e. The highest BCUT2D eigenvalue weighted by Gasteiger charge is 2.13. The van der Waals surface area contributed by atoms with Gasteiger partial charge in [-0.25, -0.2) is 10.2 Å². The van der Waals surface area contributed by atoms with Crippen molar-refractivity contribution in [2.75, 3.05) is 20.3 Å². The van der Waals surface area contributed by atoms with Crippen LogP contribution in [0.25, 0.3) is 0 Å². The van der Waals surface area contributed by atoms with E-state index in [0.29, 0.717) is 34.8 Å². The number of carbonyl (C=O) groups excluding carboxylic acids is 3. The van der Waals surface area contributed by atoms with Gasteiger partial charge in [0.15, 0.2) is 11.5 Å². The number of nitrogens with zero attached hydrogens (tertiary/aromatic N) is 1. The monoisotopic (exact) mass is 489 g/mol. The average Bonchev–Trinajstić information content (AvgIpc) is 2.88. The predicted molar refractivity (Wildman–Crippen MR) is 135 cm³/mol. The highest BCUT2D eigenvalue weighted by Crippen LogP contribution is 2.28.